The van der Waals surface area contributed by atoms with Gasteiger partial charge in [0.2, 0.25) is 0 Å². The van der Waals surface area contributed by atoms with Crippen LogP contribution in [0.2, 0.25) is 0 Å². The van der Waals surface area contributed by atoms with Crippen LogP contribution in [-0.2, 0) is 12.8 Å². The van der Waals surface area contributed by atoms with E-state index in [9.17, 15) is 10.0 Å². The first-order valence-electron chi connectivity index (χ1n) is 6.79. The molecule has 0 fully saturated rings. The van der Waals surface area contributed by atoms with Gasteiger partial charge < -0.3 is 10.0 Å². The predicted molar refractivity (Wildman–Crippen MR) is 78.1 cm³/mol. The SMILES string of the molecule is Cc1cc(CC(C)C)c(B(O)O)c(CC(C)C)c1. The fourth-order valence-electron chi connectivity index (χ4n) is 2.50. The molecule has 0 bridgehead atoms. The highest BCUT2D eigenvalue weighted by molar-refractivity contribution is 6.59. The zero-order valence-corrected chi connectivity index (χ0v) is 12.2. The van der Waals surface area contributed by atoms with E-state index < -0.39 is 7.12 Å². The molecule has 0 saturated heterocycles. The van der Waals surface area contributed by atoms with E-state index in [2.05, 4.69) is 46.8 Å². The maximum absolute atomic E-state index is 9.66. The molecule has 100 valence electrons. The zero-order valence-electron chi connectivity index (χ0n) is 12.2. The van der Waals surface area contributed by atoms with Gasteiger partial charge in [-0.3, -0.25) is 0 Å². The Labute approximate surface area is 111 Å². The Hall–Kier alpha value is -0.795. The largest absolute Gasteiger partial charge is 0.488 e. The number of hydrogen-bond acceptors (Lipinski definition) is 2. The molecule has 0 amide bonds. The lowest BCUT2D eigenvalue weighted by Crippen LogP contribution is -2.37. The van der Waals surface area contributed by atoms with Crippen molar-refractivity contribution in [2.45, 2.75) is 47.5 Å². The third-order valence-corrected chi connectivity index (χ3v) is 3.01. The highest BCUT2D eigenvalue weighted by Gasteiger charge is 2.21. The molecular formula is C15H25BO2. The summed E-state index contributed by atoms with van der Waals surface area (Å²) in [5.41, 5.74) is 4.08. The number of aryl methyl sites for hydroxylation is 1. The molecule has 18 heavy (non-hydrogen) atoms. The van der Waals surface area contributed by atoms with E-state index in [0.717, 1.165) is 29.4 Å². The molecule has 0 aromatic heterocycles. The fourth-order valence-corrected chi connectivity index (χ4v) is 2.50. The normalized spacial score (nSPS) is 11.4. The summed E-state index contributed by atoms with van der Waals surface area (Å²) in [5, 5.41) is 19.3. The van der Waals surface area contributed by atoms with Gasteiger partial charge in [-0.25, -0.2) is 0 Å². The minimum Gasteiger partial charge on any atom is -0.423 e. The molecule has 1 rings (SSSR count). The Kier molecular flexibility index (Phi) is 5.42. The van der Waals surface area contributed by atoms with Crippen molar-refractivity contribution in [2.24, 2.45) is 11.8 Å². The van der Waals surface area contributed by atoms with Crippen molar-refractivity contribution in [3.63, 3.8) is 0 Å². The van der Waals surface area contributed by atoms with Crippen LogP contribution < -0.4 is 5.46 Å². The Balaban J connectivity index is 3.26. The van der Waals surface area contributed by atoms with Gasteiger partial charge in [-0.2, -0.15) is 0 Å². The van der Waals surface area contributed by atoms with Gasteiger partial charge in [0.25, 0.3) is 0 Å². The molecule has 0 heterocycles. The second-order valence-corrected chi connectivity index (χ2v) is 6.07. The highest BCUT2D eigenvalue weighted by Crippen LogP contribution is 2.15. The van der Waals surface area contributed by atoms with Crippen molar-refractivity contribution in [1.29, 1.82) is 0 Å². The van der Waals surface area contributed by atoms with Gasteiger partial charge in [0.05, 0.1) is 0 Å². The lowest BCUT2D eigenvalue weighted by Gasteiger charge is -2.18. The van der Waals surface area contributed by atoms with Crippen LogP contribution in [0.3, 0.4) is 0 Å². The standard InChI is InChI=1S/C15H25BO2/c1-10(2)6-13-8-12(5)9-14(7-11(3)4)15(13)16(17)18/h8-11,17-18H,6-7H2,1-5H3. The van der Waals surface area contributed by atoms with E-state index in [0.29, 0.717) is 11.8 Å². The molecule has 2 N–H and O–H groups in total. The predicted octanol–water partition coefficient (Wildman–Crippen LogP) is 2.07. The van der Waals surface area contributed by atoms with E-state index in [4.69, 9.17) is 0 Å². The topological polar surface area (TPSA) is 40.5 Å². The zero-order chi connectivity index (χ0) is 13.9. The maximum atomic E-state index is 9.66. The second-order valence-electron chi connectivity index (χ2n) is 6.07. The van der Waals surface area contributed by atoms with Crippen molar-refractivity contribution in [2.75, 3.05) is 0 Å². The van der Waals surface area contributed by atoms with Crippen LogP contribution in [0.4, 0.5) is 0 Å². The van der Waals surface area contributed by atoms with Gasteiger partial charge >= 0.3 is 7.12 Å². The lowest BCUT2D eigenvalue weighted by atomic mass is 9.70. The molecule has 0 unspecified atom stereocenters. The Morgan fingerprint density at radius 1 is 0.944 bits per heavy atom. The van der Waals surface area contributed by atoms with E-state index in [-0.39, 0.29) is 0 Å². The van der Waals surface area contributed by atoms with Crippen LogP contribution in [0.5, 0.6) is 0 Å². The lowest BCUT2D eigenvalue weighted by molar-refractivity contribution is 0.424. The van der Waals surface area contributed by atoms with Crippen LogP contribution in [0.15, 0.2) is 12.1 Å². The van der Waals surface area contributed by atoms with Gasteiger partial charge in [0.15, 0.2) is 0 Å². The maximum Gasteiger partial charge on any atom is 0.488 e. The summed E-state index contributed by atoms with van der Waals surface area (Å²) in [7, 11) is -1.37. The third kappa shape index (κ3) is 4.15. The molecule has 1 aromatic carbocycles. The van der Waals surface area contributed by atoms with Crippen LogP contribution in [-0.4, -0.2) is 17.2 Å². The van der Waals surface area contributed by atoms with Crippen molar-refractivity contribution < 1.29 is 10.0 Å². The van der Waals surface area contributed by atoms with Crippen molar-refractivity contribution >= 4 is 12.6 Å². The first kappa shape index (κ1) is 15.3. The average molecular weight is 248 g/mol. The summed E-state index contributed by atoms with van der Waals surface area (Å²) in [6.45, 7) is 10.7. The van der Waals surface area contributed by atoms with E-state index in [1.54, 1.807) is 0 Å². The van der Waals surface area contributed by atoms with Crippen molar-refractivity contribution in [3.8, 4) is 0 Å². The summed E-state index contributed by atoms with van der Waals surface area (Å²) >= 11 is 0. The monoisotopic (exact) mass is 248 g/mol. The molecule has 3 heteroatoms. The van der Waals surface area contributed by atoms with Gasteiger partial charge in [0.1, 0.15) is 0 Å². The third-order valence-electron chi connectivity index (χ3n) is 3.01. The van der Waals surface area contributed by atoms with Crippen LogP contribution >= 0.6 is 0 Å². The van der Waals surface area contributed by atoms with Gasteiger partial charge in [-0.15, -0.1) is 0 Å². The number of hydrogen-bond donors (Lipinski definition) is 2. The molecule has 0 spiro atoms. The van der Waals surface area contributed by atoms with Gasteiger partial charge in [-0.05, 0) is 48.2 Å². The summed E-state index contributed by atoms with van der Waals surface area (Å²) in [6.07, 6.45) is 1.78. The molecule has 1 aromatic rings. The first-order valence-corrected chi connectivity index (χ1v) is 6.79. The molecule has 0 aliphatic rings. The summed E-state index contributed by atoms with van der Waals surface area (Å²) in [4.78, 5) is 0. The Morgan fingerprint density at radius 2 is 1.33 bits per heavy atom. The molecular weight excluding hydrogens is 223 g/mol. The smallest absolute Gasteiger partial charge is 0.423 e. The first-order chi connectivity index (χ1) is 8.31. The fraction of sp³-hybridized carbons (Fsp3) is 0.600. The van der Waals surface area contributed by atoms with Crippen LogP contribution in [0.25, 0.3) is 0 Å². The molecule has 0 atom stereocenters. The van der Waals surface area contributed by atoms with Gasteiger partial charge in [0, 0.05) is 0 Å². The van der Waals surface area contributed by atoms with E-state index in [1.165, 1.54) is 5.56 Å². The van der Waals surface area contributed by atoms with E-state index in [1.807, 2.05) is 0 Å². The summed E-state index contributed by atoms with van der Waals surface area (Å²) in [5.74, 6) is 1.02. The molecule has 0 aliphatic carbocycles. The molecule has 0 saturated carbocycles. The Morgan fingerprint density at radius 3 is 1.61 bits per heavy atom. The minimum absolute atomic E-state index is 0.510. The van der Waals surface area contributed by atoms with Crippen LogP contribution in [0.1, 0.15) is 44.4 Å². The average Bonchev–Trinajstić information content (AvgIpc) is 2.12. The molecule has 0 radical (unpaired) electrons. The summed E-state index contributed by atoms with van der Waals surface area (Å²) in [6, 6.07) is 4.16. The Bertz CT molecular complexity index is 366. The highest BCUT2D eigenvalue weighted by atomic mass is 16.4. The van der Waals surface area contributed by atoms with E-state index >= 15 is 0 Å². The molecule has 2 nitrogen and oxygen atoms in total. The quantitative estimate of drug-likeness (QED) is 0.783. The van der Waals surface area contributed by atoms with Gasteiger partial charge in [-0.1, -0.05) is 45.4 Å². The van der Waals surface area contributed by atoms with Crippen molar-refractivity contribution in [1.82, 2.24) is 0 Å². The minimum atomic E-state index is -1.37. The number of rotatable bonds is 5. The molecule has 0 aliphatic heterocycles. The second kappa shape index (κ2) is 6.39. The summed E-state index contributed by atoms with van der Waals surface area (Å²) < 4.78 is 0. The number of benzene rings is 1. The van der Waals surface area contributed by atoms with Crippen molar-refractivity contribution in [3.05, 3.63) is 28.8 Å². The van der Waals surface area contributed by atoms with Crippen LogP contribution in [0, 0.1) is 18.8 Å².